The summed E-state index contributed by atoms with van der Waals surface area (Å²) >= 11 is 0. The first-order valence-electron chi connectivity index (χ1n) is 6.30. The molecule has 1 aliphatic heterocycles. The smallest absolute Gasteiger partial charge is 0.225 e. The van der Waals surface area contributed by atoms with Crippen molar-refractivity contribution in [1.82, 2.24) is 15.5 Å². The van der Waals surface area contributed by atoms with E-state index in [1.165, 1.54) is 0 Å². The first-order chi connectivity index (χ1) is 8.58. The Labute approximate surface area is 120 Å². The zero-order chi connectivity index (χ0) is 13.5. The molecule has 19 heavy (non-hydrogen) atoms. The summed E-state index contributed by atoms with van der Waals surface area (Å²) in [7, 11) is 3.45. The minimum atomic E-state index is -0.224. The lowest BCUT2D eigenvalue weighted by Gasteiger charge is -2.16. The second-order valence-corrected chi connectivity index (χ2v) is 4.67. The number of nitrogens with one attached hydrogen (secondary N) is 2. The number of halogens is 1. The van der Waals surface area contributed by atoms with Crippen molar-refractivity contribution in [3.05, 3.63) is 0 Å². The number of likely N-dealkylation sites (N-methyl/N-ethyl adjacent to an activating group) is 1. The van der Waals surface area contributed by atoms with Crippen LogP contribution in [0.3, 0.4) is 0 Å². The van der Waals surface area contributed by atoms with Gasteiger partial charge in [0.05, 0.1) is 12.5 Å². The number of rotatable bonds is 7. The molecule has 0 aliphatic carbocycles. The molecule has 1 rings (SSSR count). The van der Waals surface area contributed by atoms with Gasteiger partial charge in [-0.2, -0.15) is 0 Å². The standard InChI is InChI=1S/C12H23N3O3.ClH/c1-9(13-2)7-14-12(17)10-6-11(16)15(8-10)4-5-18-3;/h9-10,13H,4-8H2,1-3H3,(H,14,17);1H. The van der Waals surface area contributed by atoms with Crippen LogP contribution in [0.1, 0.15) is 13.3 Å². The topological polar surface area (TPSA) is 70.7 Å². The largest absolute Gasteiger partial charge is 0.383 e. The van der Waals surface area contributed by atoms with Crippen molar-refractivity contribution in [2.75, 3.05) is 40.4 Å². The molecule has 2 N–H and O–H groups in total. The summed E-state index contributed by atoms with van der Waals surface area (Å²) in [5, 5.41) is 5.91. The van der Waals surface area contributed by atoms with E-state index in [1.54, 1.807) is 12.0 Å². The van der Waals surface area contributed by atoms with Crippen LogP contribution in [0.25, 0.3) is 0 Å². The summed E-state index contributed by atoms with van der Waals surface area (Å²) in [6.45, 7) is 4.15. The lowest BCUT2D eigenvalue weighted by atomic mass is 10.1. The highest BCUT2D eigenvalue weighted by Crippen LogP contribution is 2.17. The van der Waals surface area contributed by atoms with Crippen LogP contribution in [0, 0.1) is 5.92 Å². The van der Waals surface area contributed by atoms with Gasteiger partial charge in [-0.25, -0.2) is 0 Å². The van der Waals surface area contributed by atoms with Crippen molar-refractivity contribution in [1.29, 1.82) is 0 Å². The number of carbonyl (C=O) groups is 2. The summed E-state index contributed by atoms with van der Waals surface area (Å²) in [6, 6.07) is 0.232. The van der Waals surface area contributed by atoms with Crippen molar-refractivity contribution in [2.45, 2.75) is 19.4 Å². The summed E-state index contributed by atoms with van der Waals surface area (Å²) in [6.07, 6.45) is 0.309. The fourth-order valence-electron chi connectivity index (χ4n) is 1.87. The van der Waals surface area contributed by atoms with Gasteiger partial charge in [-0.3, -0.25) is 9.59 Å². The Balaban J connectivity index is 0.00000324. The zero-order valence-electron chi connectivity index (χ0n) is 11.8. The molecule has 0 radical (unpaired) electrons. The van der Waals surface area contributed by atoms with Crippen LogP contribution in [0.2, 0.25) is 0 Å². The maximum atomic E-state index is 11.9. The molecule has 0 bridgehead atoms. The Morgan fingerprint density at radius 1 is 1.58 bits per heavy atom. The zero-order valence-corrected chi connectivity index (χ0v) is 12.6. The highest BCUT2D eigenvalue weighted by Gasteiger charge is 2.33. The van der Waals surface area contributed by atoms with E-state index in [2.05, 4.69) is 10.6 Å². The molecule has 6 nitrogen and oxygen atoms in total. The van der Waals surface area contributed by atoms with Crippen molar-refractivity contribution in [3.63, 3.8) is 0 Å². The predicted octanol–water partition coefficient (Wildman–Crippen LogP) is -0.373. The molecule has 0 aromatic rings. The van der Waals surface area contributed by atoms with Gasteiger partial charge in [0.25, 0.3) is 0 Å². The Morgan fingerprint density at radius 2 is 2.26 bits per heavy atom. The minimum absolute atomic E-state index is 0. The number of hydrogen-bond donors (Lipinski definition) is 2. The van der Waals surface area contributed by atoms with Crippen LogP contribution in [0.5, 0.6) is 0 Å². The molecule has 1 heterocycles. The van der Waals surface area contributed by atoms with E-state index >= 15 is 0 Å². The van der Waals surface area contributed by atoms with Crippen molar-refractivity contribution in [3.8, 4) is 0 Å². The third-order valence-electron chi connectivity index (χ3n) is 3.23. The summed E-state index contributed by atoms with van der Waals surface area (Å²) in [4.78, 5) is 25.2. The highest BCUT2D eigenvalue weighted by atomic mass is 35.5. The Hall–Kier alpha value is -0.850. The number of ether oxygens (including phenoxy) is 1. The third kappa shape index (κ3) is 5.76. The fourth-order valence-corrected chi connectivity index (χ4v) is 1.87. The molecule has 2 atom stereocenters. The van der Waals surface area contributed by atoms with Gasteiger partial charge in [-0.1, -0.05) is 0 Å². The molecule has 1 fully saturated rings. The molecule has 2 amide bonds. The molecule has 2 unspecified atom stereocenters. The molecular formula is C12H24ClN3O3. The third-order valence-corrected chi connectivity index (χ3v) is 3.23. The molecule has 1 aliphatic rings. The molecule has 1 saturated heterocycles. The normalized spacial score (nSPS) is 20.1. The van der Waals surface area contributed by atoms with Gasteiger partial charge < -0.3 is 20.3 Å². The molecule has 0 saturated carbocycles. The van der Waals surface area contributed by atoms with Crippen molar-refractivity contribution >= 4 is 24.2 Å². The number of carbonyl (C=O) groups excluding carboxylic acids is 2. The Morgan fingerprint density at radius 3 is 2.84 bits per heavy atom. The molecule has 0 spiro atoms. The molecular weight excluding hydrogens is 270 g/mol. The molecule has 0 aromatic heterocycles. The predicted molar refractivity (Wildman–Crippen MR) is 75.3 cm³/mol. The van der Waals surface area contributed by atoms with Crippen LogP contribution in [-0.2, 0) is 14.3 Å². The van der Waals surface area contributed by atoms with E-state index in [0.29, 0.717) is 32.7 Å². The van der Waals surface area contributed by atoms with E-state index < -0.39 is 0 Å². The second kappa shape index (κ2) is 9.12. The maximum absolute atomic E-state index is 11.9. The van der Waals surface area contributed by atoms with Gasteiger partial charge in [0, 0.05) is 39.2 Å². The highest BCUT2D eigenvalue weighted by molar-refractivity contribution is 5.89. The van der Waals surface area contributed by atoms with Gasteiger partial charge in [-0.15, -0.1) is 12.4 Å². The SMILES string of the molecule is CNC(C)CNC(=O)C1CC(=O)N(CCOC)C1.Cl. The monoisotopic (exact) mass is 293 g/mol. The summed E-state index contributed by atoms with van der Waals surface area (Å²) in [5.41, 5.74) is 0. The number of nitrogens with zero attached hydrogens (tertiary/aromatic N) is 1. The fraction of sp³-hybridized carbons (Fsp3) is 0.833. The average Bonchev–Trinajstić information content (AvgIpc) is 2.74. The number of methoxy groups -OCH3 is 1. The molecule has 0 aromatic carbocycles. The van der Waals surface area contributed by atoms with Gasteiger partial charge in [0.2, 0.25) is 11.8 Å². The van der Waals surface area contributed by atoms with Crippen molar-refractivity contribution in [2.24, 2.45) is 5.92 Å². The van der Waals surface area contributed by atoms with Gasteiger partial charge in [0.1, 0.15) is 0 Å². The number of likely N-dealkylation sites (tertiary alicyclic amines) is 1. The van der Waals surface area contributed by atoms with Crippen LogP contribution in [0.4, 0.5) is 0 Å². The lowest BCUT2D eigenvalue weighted by molar-refractivity contribution is -0.129. The molecule has 7 heteroatoms. The summed E-state index contributed by atoms with van der Waals surface area (Å²) in [5.74, 6) is -0.224. The van der Waals surface area contributed by atoms with Crippen LogP contribution >= 0.6 is 12.4 Å². The Kier molecular flexibility index (Phi) is 8.71. The van der Waals surface area contributed by atoms with Gasteiger partial charge in [0.15, 0.2) is 0 Å². The van der Waals surface area contributed by atoms with E-state index in [-0.39, 0.29) is 36.2 Å². The maximum Gasteiger partial charge on any atom is 0.225 e. The second-order valence-electron chi connectivity index (χ2n) is 4.67. The van der Waals surface area contributed by atoms with E-state index in [0.717, 1.165) is 0 Å². The lowest BCUT2D eigenvalue weighted by Crippen LogP contribution is -2.40. The Bertz CT molecular complexity index is 302. The first-order valence-corrected chi connectivity index (χ1v) is 6.30. The van der Waals surface area contributed by atoms with E-state index in [9.17, 15) is 9.59 Å². The van der Waals surface area contributed by atoms with Crippen molar-refractivity contribution < 1.29 is 14.3 Å². The number of amides is 2. The van der Waals surface area contributed by atoms with Crippen LogP contribution in [-0.4, -0.2) is 63.2 Å². The van der Waals surface area contributed by atoms with E-state index in [4.69, 9.17) is 4.74 Å². The van der Waals surface area contributed by atoms with Crippen LogP contribution < -0.4 is 10.6 Å². The summed E-state index contributed by atoms with van der Waals surface area (Å²) < 4.78 is 4.94. The van der Waals surface area contributed by atoms with Gasteiger partial charge >= 0.3 is 0 Å². The van der Waals surface area contributed by atoms with Gasteiger partial charge in [-0.05, 0) is 14.0 Å². The molecule has 112 valence electrons. The quantitative estimate of drug-likeness (QED) is 0.672. The minimum Gasteiger partial charge on any atom is -0.383 e. The van der Waals surface area contributed by atoms with E-state index in [1.807, 2.05) is 14.0 Å². The average molecular weight is 294 g/mol. The first kappa shape index (κ1) is 18.1. The van der Waals surface area contributed by atoms with Crippen LogP contribution in [0.15, 0.2) is 0 Å². The number of hydrogen-bond acceptors (Lipinski definition) is 4.